The number of ketones is 2. The van der Waals surface area contributed by atoms with Gasteiger partial charge in [-0.05, 0) is 115 Å². The van der Waals surface area contributed by atoms with E-state index in [4.69, 9.17) is 9.59 Å². The van der Waals surface area contributed by atoms with Crippen molar-refractivity contribution >= 4 is 56.8 Å². The van der Waals surface area contributed by atoms with Crippen LogP contribution in [0.3, 0.4) is 0 Å². The fourth-order valence-electron chi connectivity index (χ4n) is 6.49. The van der Waals surface area contributed by atoms with Crippen molar-refractivity contribution in [2.45, 2.75) is 45.3 Å². The minimum absolute atomic E-state index is 0.0419. The van der Waals surface area contributed by atoms with Crippen LogP contribution in [-0.2, 0) is 27.3 Å². The highest BCUT2D eigenvalue weighted by Crippen LogP contribution is 2.26. The summed E-state index contributed by atoms with van der Waals surface area (Å²) in [7, 11) is 0. The van der Waals surface area contributed by atoms with E-state index in [-0.39, 0.29) is 29.7 Å². The molecule has 1 fully saturated rings. The van der Waals surface area contributed by atoms with Crippen LogP contribution in [0.25, 0.3) is 27.5 Å². The molecule has 4 aromatic carbocycles. The van der Waals surface area contributed by atoms with Gasteiger partial charge in [0, 0.05) is 77.4 Å². The van der Waals surface area contributed by atoms with E-state index in [2.05, 4.69) is 14.8 Å². The van der Waals surface area contributed by atoms with Gasteiger partial charge in [-0.3, -0.25) is 14.4 Å². The SMILES string of the molecule is CCC(=O)Cn1ccc2cc(CC(=O)c3ccc(-n4ccc5cc(NC(=O)c6ccc(N7CCC(O)CC7)cc6)ccc54)cc3)ccc21.O=C=O. The van der Waals surface area contributed by atoms with Crippen LogP contribution in [0.15, 0.2) is 109 Å². The van der Waals surface area contributed by atoms with Crippen molar-refractivity contribution in [1.82, 2.24) is 9.13 Å². The Bertz CT molecular complexity index is 2220. The summed E-state index contributed by atoms with van der Waals surface area (Å²) in [6.45, 7) is 3.86. The Kier molecular flexibility index (Phi) is 10.7. The Balaban J connectivity index is 0.00000144. The highest BCUT2D eigenvalue weighted by atomic mass is 16.3. The molecule has 258 valence electrons. The Morgan fingerprint density at radius 1 is 0.765 bits per heavy atom. The van der Waals surface area contributed by atoms with Gasteiger partial charge < -0.3 is 24.5 Å². The van der Waals surface area contributed by atoms with Crippen LogP contribution in [-0.4, -0.2) is 57.1 Å². The smallest absolute Gasteiger partial charge is 0.373 e. The zero-order valence-corrected chi connectivity index (χ0v) is 28.2. The molecule has 1 saturated heterocycles. The summed E-state index contributed by atoms with van der Waals surface area (Å²) in [5, 5.41) is 14.8. The van der Waals surface area contributed by atoms with Gasteiger partial charge in [-0.15, -0.1) is 0 Å². The number of benzene rings is 4. The molecule has 6 aromatic rings. The lowest BCUT2D eigenvalue weighted by atomic mass is 10.0. The van der Waals surface area contributed by atoms with Crippen molar-refractivity contribution in [3.05, 3.63) is 126 Å². The number of nitrogens with zero attached hydrogens (tertiary/aromatic N) is 3. The van der Waals surface area contributed by atoms with E-state index >= 15 is 0 Å². The van der Waals surface area contributed by atoms with Crippen molar-refractivity contribution in [2.75, 3.05) is 23.3 Å². The first-order valence-electron chi connectivity index (χ1n) is 16.9. The maximum absolute atomic E-state index is 13.2. The molecule has 2 aromatic heterocycles. The number of Topliss-reactive ketones (excluding diaryl/α,β-unsaturated/α-hetero) is 2. The van der Waals surface area contributed by atoms with Crippen LogP contribution in [0.1, 0.15) is 52.5 Å². The van der Waals surface area contributed by atoms with Gasteiger partial charge in [0.05, 0.1) is 18.2 Å². The van der Waals surface area contributed by atoms with Gasteiger partial charge in [-0.1, -0.05) is 13.0 Å². The summed E-state index contributed by atoms with van der Waals surface area (Å²) < 4.78 is 4.02. The van der Waals surface area contributed by atoms with E-state index in [9.17, 15) is 19.5 Å². The number of aliphatic hydroxyl groups excluding tert-OH is 1. The molecule has 1 aliphatic rings. The third-order valence-electron chi connectivity index (χ3n) is 9.32. The van der Waals surface area contributed by atoms with Gasteiger partial charge in [0.25, 0.3) is 5.91 Å². The lowest BCUT2D eigenvalue weighted by Crippen LogP contribution is -2.35. The average molecular weight is 683 g/mol. The van der Waals surface area contributed by atoms with Crippen molar-refractivity contribution in [3.63, 3.8) is 0 Å². The topological polar surface area (TPSA) is 131 Å². The van der Waals surface area contributed by atoms with Crippen LogP contribution in [0, 0.1) is 0 Å². The molecule has 7 rings (SSSR count). The Morgan fingerprint density at radius 3 is 2.10 bits per heavy atom. The second kappa shape index (κ2) is 15.6. The number of hydrogen-bond donors (Lipinski definition) is 2. The predicted molar refractivity (Wildman–Crippen MR) is 195 cm³/mol. The average Bonchev–Trinajstić information content (AvgIpc) is 3.75. The van der Waals surface area contributed by atoms with Crippen LogP contribution in [0.5, 0.6) is 0 Å². The second-order valence-electron chi connectivity index (χ2n) is 12.6. The first kappa shape index (κ1) is 34.8. The summed E-state index contributed by atoms with van der Waals surface area (Å²) in [6, 6.07) is 31.1. The molecule has 0 spiro atoms. The third kappa shape index (κ3) is 8.05. The third-order valence-corrected chi connectivity index (χ3v) is 9.32. The molecule has 1 amide bonds. The highest BCUT2D eigenvalue weighted by Gasteiger charge is 2.18. The molecular weight excluding hydrogens is 644 g/mol. The quantitative estimate of drug-likeness (QED) is 0.155. The molecule has 10 heteroatoms. The Morgan fingerprint density at radius 2 is 1.39 bits per heavy atom. The molecular formula is C41H38N4O6. The number of carbonyl (C=O) groups is 3. The van der Waals surface area contributed by atoms with Crippen LogP contribution < -0.4 is 10.2 Å². The van der Waals surface area contributed by atoms with E-state index in [1.807, 2.05) is 121 Å². The van der Waals surface area contributed by atoms with Gasteiger partial charge in [0.1, 0.15) is 0 Å². The maximum Gasteiger partial charge on any atom is 0.373 e. The molecule has 51 heavy (non-hydrogen) atoms. The molecule has 0 saturated carbocycles. The minimum Gasteiger partial charge on any atom is -0.393 e. The van der Waals surface area contributed by atoms with E-state index in [1.165, 1.54) is 0 Å². The lowest BCUT2D eigenvalue weighted by molar-refractivity contribution is -0.191. The number of nitrogens with one attached hydrogen (secondary N) is 1. The van der Waals surface area contributed by atoms with Crippen molar-refractivity contribution in [3.8, 4) is 5.69 Å². The maximum atomic E-state index is 13.2. The number of amides is 1. The number of piperidine rings is 1. The number of aromatic nitrogens is 2. The lowest BCUT2D eigenvalue weighted by Gasteiger charge is -2.31. The zero-order chi connectivity index (χ0) is 35.9. The van der Waals surface area contributed by atoms with E-state index < -0.39 is 0 Å². The number of rotatable bonds is 10. The minimum atomic E-state index is -0.221. The van der Waals surface area contributed by atoms with E-state index in [1.54, 1.807) is 0 Å². The fourth-order valence-corrected chi connectivity index (χ4v) is 6.49. The molecule has 0 unspecified atom stereocenters. The standard InChI is InChI=1S/C40H38N4O4.CO2/c1-2-35(45)26-43-19-15-30-23-27(3-13-37(30)43)24-39(47)28-4-11-34(12-5-28)44-22-16-31-25-32(8-14-38(31)44)41-40(48)29-6-9-33(10-7-29)42-20-17-36(46)18-21-42;2-1-3/h3-16,19,22-23,25,36,46H,2,17-18,20-21,24,26H2,1H3,(H,41,48);. The van der Waals surface area contributed by atoms with E-state index in [0.717, 1.165) is 64.7 Å². The predicted octanol–water partition coefficient (Wildman–Crippen LogP) is 6.62. The zero-order valence-electron chi connectivity index (χ0n) is 28.2. The molecule has 3 heterocycles. The molecule has 0 bridgehead atoms. The number of aliphatic hydroxyl groups is 1. The molecule has 0 radical (unpaired) electrons. The van der Waals surface area contributed by atoms with Crippen LogP contribution in [0.4, 0.5) is 11.4 Å². The summed E-state index contributed by atoms with van der Waals surface area (Å²) >= 11 is 0. The van der Waals surface area contributed by atoms with E-state index in [0.29, 0.717) is 36.2 Å². The van der Waals surface area contributed by atoms with Crippen molar-refractivity contribution < 1.29 is 29.1 Å². The number of fused-ring (bicyclic) bond motifs is 2. The molecule has 1 aliphatic heterocycles. The van der Waals surface area contributed by atoms with Gasteiger partial charge in [0.15, 0.2) is 11.6 Å². The largest absolute Gasteiger partial charge is 0.393 e. The summed E-state index contributed by atoms with van der Waals surface area (Å²) in [5.41, 5.74) is 6.86. The highest BCUT2D eigenvalue weighted by molar-refractivity contribution is 6.05. The van der Waals surface area contributed by atoms with Gasteiger partial charge >= 0.3 is 6.15 Å². The number of anilines is 2. The van der Waals surface area contributed by atoms with Crippen LogP contribution in [0.2, 0.25) is 0 Å². The number of carbonyl (C=O) groups excluding carboxylic acids is 5. The fraction of sp³-hybridized carbons (Fsp3) is 0.220. The molecule has 2 N–H and O–H groups in total. The summed E-state index contributed by atoms with van der Waals surface area (Å²) in [6.07, 6.45) is 6.27. The van der Waals surface area contributed by atoms with Crippen molar-refractivity contribution in [1.29, 1.82) is 0 Å². The first-order valence-corrected chi connectivity index (χ1v) is 16.9. The molecule has 0 atom stereocenters. The van der Waals surface area contributed by atoms with Gasteiger partial charge in [-0.25, -0.2) is 0 Å². The molecule has 10 nitrogen and oxygen atoms in total. The summed E-state index contributed by atoms with van der Waals surface area (Å²) in [4.78, 5) is 56.6. The number of hydrogen-bond acceptors (Lipinski definition) is 7. The Labute approximate surface area is 294 Å². The monoisotopic (exact) mass is 682 g/mol. The summed E-state index contributed by atoms with van der Waals surface area (Å²) in [5.74, 6) is 0.0582. The van der Waals surface area contributed by atoms with Crippen molar-refractivity contribution in [2.24, 2.45) is 0 Å². The Hall–Kier alpha value is -6.09. The first-order chi connectivity index (χ1) is 24.8. The van der Waals surface area contributed by atoms with Gasteiger partial charge in [0.2, 0.25) is 0 Å². The second-order valence-corrected chi connectivity index (χ2v) is 12.6. The molecule has 0 aliphatic carbocycles. The normalized spacial score (nSPS) is 13.0. The van der Waals surface area contributed by atoms with Gasteiger partial charge in [-0.2, -0.15) is 9.59 Å². The van der Waals surface area contributed by atoms with Crippen LogP contribution >= 0.6 is 0 Å².